The molecule has 3 rings (SSSR count). The summed E-state index contributed by atoms with van der Waals surface area (Å²) >= 11 is 0. The van der Waals surface area contributed by atoms with Crippen molar-refractivity contribution >= 4 is 28.1 Å². The Labute approximate surface area is 138 Å². The molecule has 5 heteroatoms. The van der Waals surface area contributed by atoms with Crippen molar-refractivity contribution in [3.63, 3.8) is 0 Å². The SMILES string of the molecule is CC(Nc1ccc(F)c(F)c1)C(=O)Nc1cccc2ccccc12. The first-order chi connectivity index (χ1) is 11.5. The second-order valence-corrected chi connectivity index (χ2v) is 5.51. The monoisotopic (exact) mass is 326 g/mol. The maximum Gasteiger partial charge on any atom is 0.246 e. The molecule has 122 valence electrons. The molecule has 0 saturated carbocycles. The van der Waals surface area contributed by atoms with E-state index in [4.69, 9.17) is 0 Å². The zero-order chi connectivity index (χ0) is 17.1. The molecule has 24 heavy (non-hydrogen) atoms. The summed E-state index contributed by atoms with van der Waals surface area (Å²) in [6, 6.07) is 16.2. The summed E-state index contributed by atoms with van der Waals surface area (Å²) in [4.78, 5) is 12.4. The van der Waals surface area contributed by atoms with E-state index in [2.05, 4.69) is 10.6 Å². The lowest BCUT2D eigenvalue weighted by atomic mass is 10.1. The van der Waals surface area contributed by atoms with Gasteiger partial charge in [0, 0.05) is 22.8 Å². The van der Waals surface area contributed by atoms with Crippen molar-refractivity contribution in [2.75, 3.05) is 10.6 Å². The van der Waals surface area contributed by atoms with Gasteiger partial charge in [-0.3, -0.25) is 4.79 Å². The van der Waals surface area contributed by atoms with E-state index >= 15 is 0 Å². The Morgan fingerprint density at radius 2 is 1.71 bits per heavy atom. The van der Waals surface area contributed by atoms with E-state index in [-0.39, 0.29) is 5.91 Å². The summed E-state index contributed by atoms with van der Waals surface area (Å²) in [5.41, 5.74) is 1.05. The average Bonchev–Trinajstić information content (AvgIpc) is 2.58. The Bertz CT molecular complexity index is 890. The maximum atomic E-state index is 13.2. The molecule has 0 saturated heterocycles. The average molecular weight is 326 g/mol. The molecule has 0 aliphatic rings. The lowest BCUT2D eigenvalue weighted by Crippen LogP contribution is -2.32. The van der Waals surface area contributed by atoms with E-state index in [1.54, 1.807) is 6.92 Å². The minimum Gasteiger partial charge on any atom is -0.374 e. The largest absolute Gasteiger partial charge is 0.374 e. The normalized spacial score (nSPS) is 12.0. The standard InChI is InChI=1S/C19H16F2N2O/c1-12(22-14-9-10-16(20)17(21)11-14)19(24)23-18-8-4-6-13-5-2-3-7-15(13)18/h2-12,22H,1H3,(H,23,24). The molecule has 0 fully saturated rings. The Balaban J connectivity index is 1.75. The Kier molecular flexibility index (Phi) is 4.42. The van der Waals surface area contributed by atoms with Crippen molar-refractivity contribution in [2.24, 2.45) is 0 Å². The second kappa shape index (κ2) is 6.66. The molecule has 0 spiro atoms. The zero-order valence-corrected chi connectivity index (χ0v) is 13.0. The third-order valence-electron chi connectivity index (χ3n) is 3.74. The number of benzene rings is 3. The third-order valence-corrected chi connectivity index (χ3v) is 3.74. The highest BCUT2D eigenvalue weighted by molar-refractivity contribution is 6.04. The fourth-order valence-electron chi connectivity index (χ4n) is 2.48. The van der Waals surface area contributed by atoms with E-state index in [0.717, 1.165) is 22.9 Å². The number of fused-ring (bicyclic) bond motifs is 1. The Morgan fingerprint density at radius 3 is 2.50 bits per heavy atom. The number of carbonyl (C=O) groups is 1. The number of hydrogen-bond acceptors (Lipinski definition) is 2. The number of rotatable bonds is 4. The topological polar surface area (TPSA) is 41.1 Å². The molecule has 0 bridgehead atoms. The number of amides is 1. The smallest absolute Gasteiger partial charge is 0.246 e. The number of anilines is 2. The van der Waals surface area contributed by atoms with Gasteiger partial charge in [-0.15, -0.1) is 0 Å². The van der Waals surface area contributed by atoms with Crippen LogP contribution in [0.5, 0.6) is 0 Å². The highest BCUT2D eigenvalue weighted by Gasteiger charge is 2.14. The van der Waals surface area contributed by atoms with Crippen molar-refractivity contribution < 1.29 is 13.6 Å². The highest BCUT2D eigenvalue weighted by Crippen LogP contribution is 2.23. The van der Waals surface area contributed by atoms with Crippen LogP contribution in [0.4, 0.5) is 20.2 Å². The summed E-state index contributed by atoms with van der Waals surface area (Å²) in [5, 5.41) is 7.68. The van der Waals surface area contributed by atoms with Gasteiger partial charge in [0.05, 0.1) is 0 Å². The van der Waals surface area contributed by atoms with Crippen molar-refractivity contribution in [3.05, 3.63) is 72.3 Å². The molecular formula is C19H16F2N2O. The van der Waals surface area contributed by atoms with Crippen LogP contribution < -0.4 is 10.6 Å². The molecule has 0 aliphatic carbocycles. The molecule has 2 N–H and O–H groups in total. The Morgan fingerprint density at radius 1 is 0.958 bits per heavy atom. The molecule has 0 heterocycles. The number of nitrogens with one attached hydrogen (secondary N) is 2. The predicted octanol–water partition coefficient (Wildman–Crippen LogP) is 4.56. The van der Waals surface area contributed by atoms with Crippen LogP contribution in [-0.2, 0) is 4.79 Å². The molecule has 0 radical (unpaired) electrons. The van der Waals surface area contributed by atoms with Crippen LogP contribution in [-0.4, -0.2) is 11.9 Å². The summed E-state index contributed by atoms with van der Waals surface area (Å²) in [5.74, 6) is -2.15. The van der Waals surface area contributed by atoms with Crippen molar-refractivity contribution in [1.82, 2.24) is 0 Å². The van der Waals surface area contributed by atoms with Crippen molar-refractivity contribution in [3.8, 4) is 0 Å². The first kappa shape index (κ1) is 15.9. The quantitative estimate of drug-likeness (QED) is 0.738. The zero-order valence-electron chi connectivity index (χ0n) is 13.0. The fraction of sp³-hybridized carbons (Fsp3) is 0.105. The minimum atomic E-state index is -0.957. The van der Waals surface area contributed by atoms with Crippen molar-refractivity contribution in [2.45, 2.75) is 13.0 Å². The number of carbonyl (C=O) groups excluding carboxylic acids is 1. The molecule has 3 aromatic rings. The molecule has 1 atom stereocenters. The van der Waals surface area contributed by atoms with E-state index in [9.17, 15) is 13.6 Å². The van der Waals surface area contributed by atoms with Crippen LogP contribution in [0.2, 0.25) is 0 Å². The molecule has 3 aromatic carbocycles. The van der Waals surface area contributed by atoms with E-state index < -0.39 is 17.7 Å². The van der Waals surface area contributed by atoms with E-state index in [1.165, 1.54) is 6.07 Å². The molecule has 0 aromatic heterocycles. The maximum absolute atomic E-state index is 13.2. The Hall–Kier alpha value is -2.95. The second-order valence-electron chi connectivity index (χ2n) is 5.51. The van der Waals surface area contributed by atoms with Crippen LogP contribution in [0.25, 0.3) is 10.8 Å². The van der Waals surface area contributed by atoms with E-state index in [1.807, 2.05) is 42.5 Å². The lowest BCUT2D eigenvalue weighted by molar-refractivity contribution is -0.116. The first-order valence-corrected chi connectivity index (χ1v) is 7.55. The van der Waals surface area contributed by atoms with Gasteiger partial charge in [-0.05, 0) is 30.5 Å². The molecular weight excluding hydrogens is 310 g/mol. The summed E-state index contributed by atoms with van der Waals surface area (Å²) in [6.45, 7) is 1.65. The van der Waals surface area contributed by atoms with E-state index in [0.29, 0.717) is 11.4 Å². The van der Waals surface area contributed by atoms with Gasteiger partial charge in [0.25, 0.3) is 0 Å². The van der Waals surface area contributed by atoms with Gasteiger partial charge in [0.15, 0.2) is 11.6 Å². The highest BCUT2D eigenvalue weighted by atomic mass is 19.2. The van der Waals surface area contributed by atoms with Crippen LogP contribution in [0.15, 0.2) is 60.7 Å². The van der Waals surface area contributed by atoms with Gasteiger partial charge in [-0.2, -0.15) is 0 Å². The van der Waals surface area contributed by atoms with Crippen LogP contribution in [0.3, 0.4) is 0 Å². The summed E-state index contributed by atoms with van der Waals surface area (Å²) in [7, 11) is 0. The fourth-order valence-corrected chi connectivity index (χ4v) is 2.48. The van der Waals surface area contributed by atoms with Crippen LogP contribution in [0, 0.1) is 11.6 Å². The lowest BCUT2D eigenvalue weighted by Gasteiger charge is -2.16. The summed E-state index contributed by atoms with van der Waals surface area (Å²) < 4.78 is 26.2. The van der Waals surface area contributed by atoms with Crippen LogP contribution in [0.1, 0.15) is 6.92 Å². The minimum absolute atomic E-state index is 0.268. The van der Waals surface area contributed by atoms with Crippen molar-refractivity contribution in [1.29, 1.82) is 0 Å². The van der Waals surface area contributed by atoms with Gasteiger partial charge >= 0.3 is 0 Å². The predicted molar refractivity (Wildman–Crippen MR) is 92.0 cm³/mol. The first-order valence-electron chi connectivity index (χ1n) is 7.55. The third kappa shape index (κ3) is 3.35. The van der Waals surface area contributed by atoms with Gasteiger partial charge in [0.1, 0.15) is 6.04 Å². The van der Waals surface area contributed by atoms with Crippen LogP contribution >= 0.6 is 0 Å². The molecule has 0 aliphatic heterocycles. The number of halogens is 2. The van der Waals surface area contributed by atoms with Gasteiger partial charge < -0.3 is 10.6 Å². The van der Waals surface area contributed by atoms with Gasteiger partial charge in [0.2, 0.25) is 5.91 Å². The molecule has 1 unspecified atom stereocenters. The molecule has 3 nitrogen and oxygen atoms in total. The molecule has 1 amide bonds. The number of hydrogen-bond donors (Lipinski definition) is 2. The van der Waals surface area contributed by atoms with Gasteiger partial charge in [-0.25, -0.2) is 8.78 Å². The van der Waals surface area contributed by atoms with Gasteiger partial charge in [-0.1, -0.05) is 36.4 Å². The summed E-state index contributed by atoms with van der Waals surface area (Å²) in [6.07, 6.45) is 0.